The molecule has 1 amide bonds. The Kier molecular flexibility index (Phi) is 6.06. The molecule has 1 saturated heterocycles. The number of nitrogen functional groups attached to an aromatic ring is 1. The fraction of sp³-hybridized carbons (Fsp3) is 0.333. The SMILES string of the molecule is Nc1cc(F)ccc1C(=O)OCC(=O)N1CCC(Cc2ccccc2)CC1. The van der Waals surface area contributed by atoms with Gasteiger partial charge in [-0.15, -0.1) is 0 Å². The van der Waals surface area contributed by atoms with Gasteiger partial charge < -0.3 is 15.4 Å². The van der Waals surface area contributed by atoms with Crippen LogP contribution in [-0.4, -0.2) is 36.5 Å². The molecule has 0 unspecified atom stereocenters. The third kappa shape index (κ3) is 5.06. The standard InChI is InChI=1S/C21H23FN2O3/c22-17-6-7-18(19(23)13-17)21(26)27-14-20(25)24-10-8-16(9-11-24)12-15-4-2-1-3-5-15/h1-7,13,16H,8-12,14,23H2. The van der Waals surface area contributed by atoms with Gasteiger partial charge in [-0.3, -0.25) is 4.79 Å². The first-order valence-corrected chi connectivity index (χ1v) is 9.07. The lowest BCUT2D eigenvalue weighted by atomic mass is 9.90. The van der Waals surface area contributed by atoms with Gasteiger partial charge in [0, 0.05) is 18.8 Å². The van der Waals surface area contributed by atoms with E-state index in [1.807, 2.05) is 18.2 Å². The number of carbonyl (C=O) groups is 2. The number of hydrogen-bond donors (Lipinski definition) is 1. The Bertz CT molecular complexity index is 802. The maximum absolute atomic E-state index is 13.0. The summed E-state index contributed by atoms with van der Waals surface area (Å²) in [5.41, 5.74) is 6.98. The van der Waals surface area contributed by atoms with E-state index in [0.29, 0.717) is 19.0 Å². The van der Waals surface area contributed by atoms with E-state index in [0.717, 1.165) is 31.4 Å². The van der Waals surface area contributed by atoms with E-state index in [-0.39, 0.29) is 23.8 Å². The summed E-state index contributed by atoms with van der Waals surface area (Å²) in [4.78, 5) is 26.0. The molecule has 27 heavy (non-hydrogen) atoms. The molecule has 2 N–H and O–H groups in total. The number of ether oxygens (including phenoxy) is 1. The third-order valence-electron chi connectivity index (χ3n) is 4.89. The minimum Gasteiger partial charge on any atom is -0.452 e. The summed E-state index contributed by atoms with van der Waals surface area (Å²) < 4.78 is 18.1. The van der Waals surface area contributed by atoms with Crippen LogP contribution in [0.5, 0.6) is 0 Å². The summed E-state index contributed by atoms with van der Waals surface area (Å²) in [6, 6.07) is 13.8. The van der Waals surface area contributed by atoms with E-state index >= 15 is 0 Å². The zero-order valence-corrected chi connectivity index (χ0v) is 15.1. The second kappa shape index (κ2) is 8.66. The molecule has 0 radical (unpaired) electrons. The van der Waals surface area contributed by atoms with Crippen LogP contribution in [0.2, 0.25) is 0 Å². The molecule has 1 fully saturated rings. The van der Waals surface area contributed by atoms with Crippen molar-refractivity contribution in [3.8, 4) is 0 Å². The number of amides is 1. The second-order valence-electron chi connectivity index (χ2n) is 6.82. The van der Waals surface area contributed by atoms with Crippen LogP contribution in [0, 0.1) is 11.7 Å². The summed E-state index contributed by atoms with van der Waals surface area (Å²) in [7, 11) is 0. The molecule has 6 heteroatoms. The Morgan fingerprint density at radius 2 is 1.81 bits per heavy atom. The number of hydrogen-bond acceptors (Lipinski definition) is 4. The van der Waals surface area contributed by atoms with Crippen molar-refractivity contribution in [3.05, 3.63) is 65.5 Å². The highest BCUT2D eigenvalue weighted by molar-refractivity contribution is 5.96. The summed E-state index contributed by atoms with van der Waals surface area (Å²) in [5.74, 6) is -0.918. The molecule has 2 aromatic rings. The number of nitrogens with zero attached hydrogens (tertiary/aromatic N) is 1. The summed E-state index contributed by atoms with van der Waals surface area (Å²) >= 11 is 0. The first-order valence-electron chi connectivity index (χ1n) is 9.07. The molecule has 5 nitrogen and oxygen atoms in total. The van der Waals surface area contributed by atoms with Gasteiger partial charge in [0.1, 0.15) is 5.82 Å². The smallest absolute Gasteiger partial charge is 0.340 e. The lowest BCUT2D eigenvalue weighted by molar-refractivity contribution is -0.135. The minimum atomic E-state index is -0.722. The number of nitrogens with two attached hydrogens (primary N) is 1. The van der Waals surface area contributed by atoms with Crippen LogP contribution in [0.15, 0.2) is 48.5 Å². The number of anilines is 1. The van der Waals surface area contributed by atoms with Gasteiger partial charge in [0.25, 0.3) is 5.91 Å². The van der Waals surface area contributed by atoms with Gasteiger partial charge in [0.15, 0.2) is 6.61 Å². The zero-order chi connectivity index (χ0) is 19.2. The Morgan fingerprint density at radius 1 is 1.11 bits per heavy atom. The van der Waals surface area contributed by atoms with Crippen LogP contribution in [-0.2, 0) is 16.0 Å². The van der Waals surface area contributed by atoms with Gasteiger partial charge in [-0.2, -0.15) is 0 Å². The quantitative estimate of drug-likeness (QED) is 0.649. The van der Waals surface area contributed by atoms with E-state index in [1.165, 1.54) is 11.6 Å². The monoisotopic (exact) mass is 370 g/mol. The summed E-state index contributed by atoms with van der Waals surface area (Å²) in [6.45, 7) is 0.984. The molecule has 1 heterocycles. The molecule has 142 valence electrons. The average molecular weight is 370 g/mol. The first kappa shape index (κ1) is 18.9. The number of esters is 1. The highest BCUT2D eigenvalue weighted by Gasteiger charge is 2.24. The largest absolute Gasteiger partial charge is 0.452 e. The second-order valence-corrected chi connectivity index (χ2v) is 6.82. The molecule has 1 aliphatic rings. The lowest BCUT2D eigenvalue weighted by Crippen LogP contribution is -2.41. The van der Waals surface area contributed by atoms with E-state index in [4.69, 9.17) is 10.5 Å². The number of halogens is 1. The van der Waals surface area contributed by atoms with Gasteiger partial charge in [0.2, 0.25) is 0 Å². The predicted molar refractivity (Wildman–Crippen MR) is 101 cm³/mol. The molecule has 0 spiro atoms. The van der Waals surface area contributed by atoms with Crippen LogP contribution in [0.25, 0.3) is 0 Å². The molecule has 0 saturated carbocycles. The van der Waals surface area contributed by atoms with Crippen molar-refractivity contribution in [2.45, 2.75) is 19.3 Å². The Morgan fingerprint density at radius 3 is 2.48 bits per heavy atom. The van der Waals surface area contributed by atoms with Crippen molar-refractivity contribution in [2.75, 3.05) is 25.4 Å². The van der Waals surface area contributed by atoms with E-state index in [9.17, 15) is 14.0 Å². The zero-order valence-electron chi connectivity index (χ0n) is 15.1. The fourth-order valence-corrected chi connectivity index (χ4v) is 3.35. The van der Waals surface area contributed by atoms with Gasteiger partial charge in [0.05, 0.1) is 5.56 Å². The average Bonchev–Trinajstić information content (AvgIpc) is 2.67. The topological polar surface area (TPSA) is 72.6 Å². The van der Waals surface area contributed by atoms with Crippen LogP contribution in [0.4, 0.5) is 10.1 Å². The van der Waals surface area contributed by atoms with Crippen LogP contribution in [0.3, 0.4) is 0 Å². The normalized spacial score (nSPS) is 14.8. The van der Waals surface area contributed by atoms with Crippen LogP contribution >= 0.6 is 0 Å². The highest BCUT2D eigenvalue weighted by Crippen LogP contribution is 2.22. The number of rotatable bonds is 5. The maximum atomic E-state index is 13.0. The molecule has 0 bridgehead atoms. The summed E-state index contributed by atoms with van der Waals surface area (Å²) in [5, 5.41) is 0. The van der Waals surface area contributed by atoms with E-state index in [2.05, 4.69) is 12.1 Å². The maximum Gasteiger partial charge on any atom is 0.340 e. The number of carbonyl (C=O) groups excluding carboxylic acids is 2. The Hall–Kier alpha value is -2.89. The Labute approximate surface area is 157 Å². The molecule has 2 aromatic carbocycles. The molecule has 0 aromatic heterocycles. The van der Waals surface area contributed by atoms with E-state index < -0.39 is 11.8 Å². The molecule has 3 rings (SSSR count). The Balaban J connectivity index is 1.45. The van der Waals surface area contributed by atoms with Crippen molar-refractivity contribution in [3.63, 3.8) is 0 Å². The van der Waals surface area contributed by atoms with Gasteiger partial charge >= 0.3 is 5.97 Å². The minimum absolute atomic E-state index is 0.00539. The van der Waals surface area contributed by atoms with Crippen LogP contribution in [0.1, 0.15) is 28.8 Å². The molecule has 0 aliphatic carbocycles. The van der Waals surface area contributed by atoms with Crippen molar-refractivity contribution in [2.24, 2.45) is 5.92 Å². The molecular weight excluding hydrogens is 347 g/mol. The van der Waals surface area contributed by atoms with Crippen molar-refractivity contribution < 1.29 is 18.7 Å². The number of likely N-dealkylation sites (tertiary alicyclic amines) is 1. The van der Waals surface area contributed by atoms with Crippen molar-refractivity contribution in [1.29, 1.82) is 0 Å². The van der Waals surface area contributed by atoms with Crippen molar-refractivity contribution in [1.82, 2.24) is 4.90 Å². The van der Waals surface area contributed by atoms with Crippen LogP contribution < -0.4 is 5.73 Å². The third-order valence-corrected chi connectivity index (χ3v) is 4.89. The van der Waals surface area contributed by atoms with Gasteiger partial charge in [-0.1, -0.05) is 30.3 Å². The molecule has 0 atom stereocenters. The first-order chi connectivity index (χ1) is 13.0. The molecular formula is C21H23FN2O3. The predicted octanol–water partition coefficient (Wildman–Crippen LogP) is 3.05. The van der Waals surface area contributed by atoms with E-state index in [1.54, 1.807) is 4.90 Å². The fourth-order valence-electron chi connectivity index (χ4n) is 3.35. The van der Waals surface area contributed by atoms with Gasteiger partial charge in [-0.25, -0.2) is 9.18 Å². The number of piperidine rings is 1. The summed E-state index contributed by atoms with van der Waals surface area (Å²) in [6.07, 6.45) is 2.88. The molecule has 1 aliphatic heterocycles. The number of benzene rings is 2. The van der Waals surface area contributed by atoms with Gasteiger partial charge in [-0.05, 0) is 48.9 Å². The highest BCUT2D eigenvalue weighted by atomic mass is 19.1. The van der Waals surface area contributed by atoms with Crippen molar-refractivity contribution >= 4 is 17.6 Å². The lowest BCUT2D eigenvalue weighted by Gasteiger charge is -2.32.